The molecule has 3 rings (SSSR count). The molecule has 1 atom stereocenters. The molecule has 8 nitrogen and oxygen atoms in total. The molecule has 1 aromatic heterocycles. The van der Waals surface area contributed by atoms with E-state index >= 15 is 0 Å². The Labute approximate surface area is 155 Å². The van der Waals surface area contributed by atoms with Crippen molar-refractivity contribution >= 4 is 11.8 Å². The molecule has 2 aliphatic rings. The molecule has 0 aromatic carbocycles. The second-order valence-electron chi connectivity index (χ2n) is 6.31. The SMILES string of the molecule is COCCNC(=NC[C@H]1COCCO1)N1CCN(c2ccccn2)CC1. The van der Waals surface area contributed by atoms with Gasteiger partial charge in [-0.1, -0.05) is 6.07 Å². The molecule has 3 heterocycles. The van der Waals surface area contributed by atoms with Gasteiger partial charge in [0, 0.05) is 46.0 Å². The van der Waals surface area contributed by atoms with Crippen LogP contribution in [0.15, 0.2) is 29.4 Å². The van der Waals surface area contributed by atoms with Gasteiger partial charge in [-0.05, 0) is 12.1 Å². The van der Waals surface area contributed by atoms with Gasteiger partial charge in [0.15, 0.2) is 5.96 Å². The van der Waals surface area contributed by atoms with Crippen molar-refractivity contribution in [1.82, 2.24) is 15.2 Å². The summed E-state index contributed by atoms with van der Waals surface area (Å²) >= 11 is 0. The fraction of sp³-hybridized carbons (Fsp3) is 0.667. The predicted molar refractivity (Wildman–Crippen MR) is 101 cm³/mol. The van der Waals surface area contributed by atoms with Crippen molar-refractivity contribution < 1.29 is 14.2 Å². The van der Waals surface area contributed by atoms with Gasteiger partial charge < -0.3 is 29.3 Å². The van der Waals surface area contributed by atoms with Crippen LogP contribution in [-0.4, -0.2) is 94.8 Å². The molecule has 144 valence electrons. The lowest BCUT2D eigenvalue weighted by Crippen LogP contribution is -2.53. The maximum atomic E-state index is 5.70. The number of hydrogen-bond donors (Lipinski definition) is 1. The number of guanidine groups is 1. The van der Waals surface area contributed by atoms with E-state index in [1.807, 2.05) is 18.3 Å². The van der Waals surface area contributed by atoms with Crippen LogP contribution in [0.25, 0.3) is 0 Å². The number of anilines is 1. The number of nitrogens with one attached hydrogen (secondary N) is 1. The fourth-order valence-corrected chi connectivity index (χ4v) is 3.05. The predicted octanol–water partition coefficient (Wildman–Crippen LogP) is 0.211. The zero-order chi connectivity index (χ0) is 18.0. The largest absolute Gasteiger partial charge is 0.383 e. The second kappa shape index (κ2) is 10.3. The molecule has 0 bridgehead atoms. The van der Waals surface area contributed by atoms with Crippen LogP contribution in [0.2, 0.25) is 0 Å². The monoisotopic (exact) mass is 363 g/mol. The molecule has 0 aliphatic carbocycles. The van der Waals surface area contributed by atoms with Crippen molar-refractivity contribution in [2.24, 2.45) is 4.99 Å². The quantitative estimate of drug-likeness (QED) is 0.440. The van der Waals surface area contributed by atoms with Crippen LogP contribution >= 0.6 is 0 Å². The van der Waals surface area contributed by atoms with Gasteiger partial charge in [0.05, 0.1) is 33.0 Å². The van der Waals surface area contributed by atoms with Gasteiger partial charge in [0.2, 0.25) is 0 Å². The van der Waals surface area contributed by atoms with Gasteiger partial charge in [-0.2, -0.15) is 0 Å². The van der Waals surface area contributed by atoms with Crippen LogP contribution in [-0.2, 0) is 14.2 Å². The summed E-state index contributed by atoms with van der Waals surface area (Å²) in [5.41, 5.74) is 0. The highest BCUT2D eigenvalue weighted by molar-refractivity contribution is 5.80. The summed E-state index contributed by atoms with van der Waals surface area (Å²) in [6.07, 6.45) is 1.88. The number of aliphatic imine (C=N–C) groups is 1. The summed E-state index contributed by atoms with van der Waals surface area (Å²) in [5, 5.41) is 3.40. The van der Waals surface area contributed by atoms with Crippen molar-refractivity contribution in [2.75, 3.05) is 77.7 Å². The molecule has 0 spiro atoms. The molecule has 26 heavy (non-hydrogen) atoms. The lowest BCUT2D eigenvalue weighted by Gasteiger charge is -2.37. The van der Waals surface area contributed by atoms with Gasteiger partial charge in [0.25, 0.3) is 0 Å². The fourth-order valence-electron chi connectivity index (χ4n) is 3.05. The normalized spacial score (nSPS) is 21.7. The molecule has 0 unspecified atom stereocenters. The van der Waals surface area contributed by atoms with E-state index in [9.17, 15) is 0 Å². The van der Waals surface area contributed by atoms with Gasteiger partial charge in [-0.15, -0.1) is 0 Å². The van der Waals surface area contributed by atoms with E-state index in [2.05, 4.69) is 26.2 Å². The van der Waals surface area contributed by atoms with Gasteiger partial charge in [-0.3, -0.25) is 4.99 Å². The van der Waals surface area contributed by atoms with Crippen LogP contribution in [0.1, 0.15) is 0 Å². The van der Waals surface area contributed by atoms with Crippen molar-refractivity contribution in [3.63, 3.8) is 0 Å². The van der Waals surface area contributed by atoms with Crippen LogP contribution < -0.4 is 10.2 Å². The van der Waals surface area contributed by atoms with E-state index < -0.39 is 0 Å². The van der Waals surface area contributed by atoms with Crippen LogP contribution in [0, 0.1) is 0 Å². The zero-order valence-electron chi connectivity index (χ0n) is 15.5. The Morgan fingerprint density at radius 3 is 2.88 bits per heavy atom. The number of piperazine rings is 1. The summed E-state index contributed by atoms with van der Waals surface area (Å²) in [6.45, 7) is 7.57. The molecular weight excluding hydrogens is 334 g/mol. The Kier molecular flexibility index (Phi) is 7.48. The van der Waals surface area contributed by atoms with Gasteiger partial charge in [-0.25, -0.2) is 4.98 Å². The van der Waals surface area contributed by atoms with Crippen LogP contribution in [0.4, 0.5) is 5.82 Å². The lowest BCUT2D eigenvalue weighted by atomic mass is 10.3. The average Bonchev–Trinajstić information content (AvgIpc) is 2.72. The molecule has 0 saturated carbocycles. The highest BCUT2D eigenvalue weighted by Crippen LogP contribution is 2.12. The number of ether oxygens (including phenoxy) is 3. The highest BCUT2D eigenvalue weighted by atomic mass is 16.6. The Morgan fingerprint density at radius 2 is 2.19 bits per heavy atom. The first kappa shape index (κ1) is 18.9. The van der Waals surface area contributed by atoms with E-state index in [0.717, 1.165) is 44.5 Å². The molecule has 2 saturated heterocycles. The molecular formula is C18H29N5O3. The minimum atomic E-state index is 0.0396. The molecule has 0 amide bonds. The van der Waals surface area contributed by atoms with Crippen molar-refractivity contribution in [3.05, 3.63) is 24.4 Å². The van der Waals surface area contributed by atoms with E-state index in [4.69, 9.17) is 19.2 Å². The molecule has 1 aromatic rings. The van der Waals surface area contributed by atoms with E-state index in [1.165, 1.54) is 0 Å². The summed E-state index contributed by atoms with van der Waals surface area (Å²) in [5.74, 6) is 1.95. The second-order valence-corrected chi connectivity index (χ2v) is 6.31. The third kappa shape index (κ3) is 5.55. The number of hydrogen-bond acceptors (Lipinski definition) is 6. The minimum Gasteiger partial charge on any atom is -0.383 e. The molecule has 8 heteroatoms. The summed E-state index contributed by atoms with van der Waals surface area (Å²) < 4.78 is 16.3. The summed E-state index contributed by atoms with van der Waals surface area (Å²) in [4.78, 5) is 13.8. The van der Waals surface area contributed by atoms with Crippen molar-refractivity contribution in [2.45, 2.75) is 6.10 Å². The number of rotatable bonds is 6. The first-order valence-electron chi connectivity index (χ1n) is 9.24. The van der Waals surface area contributed by atoms with Gasteiger partial charge >= 0.3 is 0 Å². The molecule has 0 radical (unpaired) electrons. The molecule has 2 fully saturated rings. The highest BCUT2D eigenvalue weighted by Gasteiger charge is 2.21. The van der Waals surface area contributed by atoms with Crippen molar-refractivity contribution in [1.29, 1.82) is 0 Å². The third-order valence-corrected chi connectivity index (χ3v) is 4.47. The smallest absolute Gasteiger partial charge is 0.194 e. The first-order valence-corrected chi connectivity index (χ1v) is 9.24. The lowest BCUT2D eigenvalue weighted by molar-refractivity contribution is -0.0833. The maximum absolute atomic E-state index is 5.70. The Morgan fingerprint density at radius 1 is 1.31 bits per heavy atom. The number of nitrogens with zero attached hydrogens (tertiary/aromatic N) is 4. The first-order chi connectivity index (χ1) is 12.9. The maximum Gasteiger partial charge on any atom is 0.194 e. The Hall–Kier alpha value is -1.90. The standard InChI is InChI=1S/C18H29N5O3/c1-24-11-6-20-18(21-14-16-15-25-12-13-26-16)23-9-7-22(8-10-23)17-4-2-3-5-19-17/h2-5,16H,6-15H2,1H3,(H,20,21)/t16-/m0/s1. The number of pyridine rings is 1. The topological polar surface area (TPSA) is 71.5 Å². The molecule has 1 N–H and O–H groups in total. The van der Waals surface area contributed by atoms with E-state index in [-0.39, 0.29) is 6.10 Å². The Balaban J connectivity index is 1.55. The van der Waals surface area contributed by atoms with Crippen LogP contribution in [0.5, 0.6) is 0 Å². The third-order valence-electron chi connectivity index (χ3n) is 4.47. The van der Waals surface area contributed by atoms with E-state index in [0.29, 0.717) is 33.0 Å². The van der Waals surface area contributed by atoms with Crippen molar-refractivity contribution in [3.8, 4) is 0 Å². The molecule has 2 aliphatic heterocycles. The van der Waals surface area contributed by atoms with E-state index in [1.54, 1.807) is 7.11 Å². The summed E-state index contributed by atoms with van der Waals surface area (Å²) in [7, 11) is 1.71. The number of methoxy groups -OCH3 is 1. The number of aromatic nitrogens is 1. The van der Waals surface area contributed by atoms with Crippen LogP contribution in [0.3, 0.4) is 0 Å². The summed E-state index contributed by atoms with van der Waals surface area (Å²) in [6, 6.07) is 6.03. The minimum absolute atomic E-state index is 0.0396. The zero-order valence-corrected chi connectivity index (χ0v) is 15.5. The Bertz CT molecular complexity index is 543. The van der Waals surface area contributed by atoms with Gasteiger partial charge in [0.1, 0.15) is 11.9 Å². The average molecular weight is 363 g/mol.